The number of hydrogen-bond acceptors (Lipinski definition) is 2. The fourth-order valence-electron chi connectivity index (χ4n) is 1.55. The number of aliphatic carboxylic acids is 1. The Balaban J connectivity index is 2.97. The molecule has 6 heteroatoms. The Kier molecular flexibility index (Phi) is 4.68. The van der Waals surface area contributed by atoms with Crippen LogP contribution in [-0.4, -0.2) is 23.0 Å². The van der Waals surface area contributed by atoms with E-state index in [1.165, 1.54) is 12.1 Å². The van der Waals surface area contributed by atoms with Crippen molar-refractivity contribution in [3.63, 3.8) is 0 Å². The van der Waals surface area contributed by atoms with E-state index in [1.54, 1.807) is 20.8 Å². The maximum Gasteiger partial charge on any atom is 0.326 e. The van der Waals surface area contributed by atoms with Gasteiger partial charge in [-0.15, -0.1) is 0 Å². The summed E-state index contributed by atoms with van der Waals surface area (Å²) in [5, 5.41) is 11.5. The predicted octanol–water partition coefficient (Wildman–Crippen LogP) is 2.82. The first kappa shape index (κ1) is 15.6. The van der Waals surface area contributed by atoms with E-state index in [1.807, 2.05) is 0 Å². The van der Waals surface area contributed by atoms with E-state index in [4.69, 9.17) is 5.11 Å². The zero-order valence-electron chi connectivity index (χ0n) is 10.8. The first-order valence-electron chi connectivity index (χ1n) is 5.61. The second-order valence-electron chi connectivity index (χ2n) is 5.27. The Labute approximate surface area is 119 Å². The van der Waals surface area contributed by atoms with Gasteiger partial charge in [0.1, 0.15) is 11.9 Å². The minimum absolute atomic E-state index is 0.0716. The average Bonchev–Trinajstić information content (AvgIpc) is 2.21. The van der Waals surface area contributed by atoms with Crippen molar-refractivity contribution in [3.8, 4) is 0 Å². The molecule has 0 aliphatic heterocycles. The maximum atomic E-state index is 13.2. The summed E-state index contributed by atoms with van der Waals surface area (Å²) in [6, 6.07) is 2.65. The molecule has 0 heterocycles. The van der Waals surface area contributed by atoms with Gasteiger partial charge in [-0.05, 0) is 23.6 Å². The molecule has 0 aromatic heterocycles. The first-order valence-corrected chi connectivity index (χ1v) is 6.40. The van der Waals surface area contributed by atoms with Gasteiger partial charge in [0.05, 0.1) is 0 Å². The van der Waals surface area contributed by atoms with Crippen molar-refractivity contribution in [1.29, 1.82) is 0 Å². The molecule has 0 aliphatic rings. The molecule has 0 bridgehead atoms. The van der Waals surface area contributed by atoms with Crippen LogP contribution in [0.2, 0.25) is 0 Å². The van der Waals surface area contributed by atoms with Crippen LogP contribution in [0.4, 0.5) is 4.39 Å². The molecule has 1 aromatic carbocycles. The van der Waals surface area contributed by atoms with E-state index >= 15 is 0 Å². The molecular weight excluding hydrogens is 317 g/mol. The summed E-state index contributed by atoms with van der Waals surface area (Å²) in [4.78, 5) is 23.1. The predicted molar refractivity (Wildman–Crippen MR) is 72.4 cm³/mol. The Hall–Kier alpha value is -1.43. The molecule has 104 valence electrons. The summed E-state index contributed by atoms with van der Waals surface area (Å²) in [7, 11) is 0. The number of halogens is 2. The lowest BCUT2D eigenvalue weighted by molar-refractivity contribution is -0.142. The van der Waals surface area contributed by atoms with Crippen LogP contribution in [0.5, 0.6) is 0 Å². The van der Waals surface area contributed by atoms with E-state index in [0.29, 0.717) is 4.47 Å². The van der Waals surface area contributed by atoms with Gasteiger partial charge < -0.3 is 10.4 Å². The van der Waals surface area contributed by atoms with E-state index in [9.17, 15) is 14.0 Å². The van der Waals surface area contributed by atoms with Crippen molar-refractivity contribution in [1.82, 2.24) is 5.32 Å². The zero-order chi connectivity index (χ0) is 14.8. The molecule has 1 rings (SSSR count). The molecular formula is C13H15BrFNO3. The Bertz CT molecular complexity index is 491. The molecule has 4 nitrogen and oxygen atoms in total. The maximum absolute atomic E-state index is 13.2. The number of benzene rings is 1. The molecule has 0 saturated carbocycles. The highest BCUT2D eigenvalue weighted by Gasteiger charge is 2.32. The van der Waals surface area contributed by atoms with Gasteiger partial charge in [0.15, 0.2) is 0 Å². The van der Waals surface area contributed by atoms with Crippen molar-refractivity contribution in [2.75, 3.05) is 0 Å². The number of nitrogens with one attached hydrogen (secondary N) is 1. The van der Waals surface area contributed by atoms with E-state index < -0.39 is 29.2 Å². The van der Waals surface area contributed by atoms with Crippen LogP contribution in [0.25, 0.3) is 0 Å². The van der Waals surface area contributed by atoms with Gasteiger partial charge in [-0.1, -0.05) is 36.7 Å². The van der Waals surface area contributed by atoms with Gasteiger partial charge in [0.25, 0.3) is 5.91 Å². The number of carboxylic acid groups (broad SMARTS) is 1. The standard InChI is InChI=1S/C13H15BrFNO3/c1-13(2,3)10(12(18)19)16-11(17)7-4-8(14)6-9(15)5-7/h4-6,10H,1-3H3,(H,16,17)(H,18,19)/t10-/m0/s1. The van der Waals surface area contributed by atoms with Gasteiger partial charge in [-0.3, -0.25) is 4.79 Å². The molecule has 0 spiro atoms. The summed E-state index contributed by atoms with van der Waals surface area (Å²) in [6.07, 6.45) is 0. The van der Waals surface area contributed by atoms with Crippen LogP contribution >= 0.6 is 15.9 Å². The minimum atomic E-state index is -1.13. The minimum Gasteiger partial charge on any atom is -0.480 e. The van der Waals surface area contributed by atoms with Crippen molar-refractivity contribution < 1.29 is 19.1 Å². The van der Waals surface area contributed by atoms with Gasteiger partial charge >= 0.3 is 5.97 Å². The van der Waals surface area contributed by atoms with Crippen molar-refractivity contribution >= 4 is 27.8 Å². The first-order chi connectivity index (χ1) is 8.61. The van der Waals surface area contributed by atoms with Crippen molar-refractivity contribution in [2.45, 2.75) is 26.8 Å². The number of carbonyl (C=O) groups excluding carboxylic acids is 1. The normalized spacial score (nSPS) is 12.9. The van der Waals surface area contributed by atoms with Crippen molar-refractivity contribution in [3.05, 3.63) is 34.1 Å². The Morgan fingerprint density at radius 2 is 1.89 bits per heavy atom. The topological polar surface area (TPSA) is 66.4 Å². The average molecular weight is 332 g/mol. The van der Waals surface area contributed by atoms with E-state index in [2.05, 4.69) is 21.2 Å². The largest absolute Gasteiger partial charge is 0.480 e. The summed E-state index contributed by atoms with van der Waals surface area (Å²) >= 11 is 3.08. The van der Waals surface area contributed by atoms with Gasteiger partial charge in [-0.2, -0.15) is 0 Å². The van der Waals surface area contributed by atoms with Gasteiger partial charge in [-0.25, -0.2) is 9.18 Å². The molecule has 1 amide bonds. The fraction of sp³-hybridized carbons (Fsp3) is 0.385. The number of amides is 1. The third kappa shape index (κ3) is 4.31. The highest BCUT2D eigenvalue weighted by Crippen LogP contribution is 2.21. The SMILES string of the molecule is CC(C)(C)[C@@H](NC(=O)c1cc(F)cc(Br)c1)C(=O)O. The van der Waals surface area contributed by atoms with Crippen LogP contribution in [0.3, 0.4) is 0 Å². The molecule has 0 fully saturated rings. The second kappa shape index (κ2) is 5.69. The monoisotopic (exact) mass is 331 g/mol. The molecule has 1 atom stereocenters. The second-order valence-corrected chi connectivity index (χ2v) is 6.18. The lowest BCUT2D eigenvalue weighted by Crippen LogP contribution is -2.49. The van der Waals surface area contributed by atoms with Gasteiger partial charge in [0, 0.05) is 10.0 Å². The smallest absolute Gasteiger partial charge is 0.326 e. The van der Waals surface area contributed by atoms with Crippen molar-refractivity contribution in [2.24, 2.45) is 5.41 Å². The molecule has 0 unspecified atom stereocenters. The van der Waals surface area contributed by atoms with E-state index in [0.717, 1.165) is 6.07 Å². The fourth-order valence-corrected chi connectivity index (χ4v) is 2.01. The Morgan fingerprint density at radius 1 is 1.32 bits per heavy atom. The van der Waals surface area contributed by atoms with Crippen LogP contribution in [0, 0.1) is 11.2 Å². The zero-order valence-corrected chi connectivity index (χ0v) is 12.4. The van der Waals surface area contributed by atoms with Crippen LogP contribution in [0.1, 0.15) is 31.1 Å². The summed E-state index contributed by atoms with van der Waals surface area (Å²) in [5.41, 5.74) is -0.575. The quantitative estimate of drug-likeness (QED) is 0.894. The third-order valence-corrected chi connectivity index (χ3v) is 2.97. The molecule has 0 aliphatic carbocycles. The summed E-state index contributed by atoms with van der Waals surface area (Å²) < 4.78 is 13.6. The van der Waals surface area contributed by atoms with Crippen LogP contribution in [0.15, 0.2) is 22.7 Å². The van der Waals surface area contributed by atoms with E-state index in [-0.39, 0.29) is 5.56 Å². The van der Waals surface area contributed by atoms with Gasteiger partial charge in [0.2, 0.25) is 0 Å². The highest BCUT2D eigenvalue weighted by atomic mass is 79.9. The Morgan fingerprint density at radius 3 is 2.32 bits per heavy atom. The molecule has 1 aromatic rings. The lowest BCUT2D eigenvalue weighted by atomic mass is 9.86. The highest BCUT2D eigenvalue weighted by molar-refractivity contribution is 9.10. The number of hydrogen-bond donors (Lipinski definition) is 2. The lowest BCUT2D eigenvalue weighted by Gasteiger charge is -2.27. The number of carbonyl (C=O) groups is 2. The number of rotatable bonds is 3. The number of carboxylic acids is 1. The molecule has 0 radical (unpaired) electrons. The van der Waals surface area contributed by atoms with Crippen LogP contribution in [-0.2, 0) is 4.79 Å². The molecule has 19 heavy (non-hydrogen) atoms. The summed E-state index contributed by atoms with van der Waals surface area (Å²) in [5.74, 6) is -2.32. The van der Waals surface area contributed by atoms with Crippen LogP contribution < -0.4 is 5.32 Å². The molecule has 0 saturated heterocycles. The molecule has 2 N–H and O–H groups in total. The summed E-state index contributed by atoms with van der Waals surface area (Å²) in [6.45, 7) is 5.11. The third-order valence-electron chi connectivity index (χ3n) is 2.51.